The van der Waals surface area contributed by atoms with E-state index >= 15 is 0 Å². The van der Waals surface area contributed by atoms with E-state index in [0.717, 1.165) is 6.42 Å². The van der Waals surface area contributed by atoms with Crippen molar-refractivity contribution in [2.75, 3.05) is 6.54 Å². The van der Waals surface area contributed by atoms with E-state index in [1.807, 2.05) is 19.1 Å². The maximum atomic E-state index is 12.7. The minimum atomic E-state index is -0.173. The van der Waals surface area contributed by atoms with Crippen molar-refractivity contribution >= 4 is 29.1 Å². The largest absolute Gasteiger partial charge is 0.419 e. The summed E-state index contributed by atoms with van der Waals surface area (Å²) in [5.74, 6) is 0.486. The molecule has 3 rings (SSSR count). The Bertz CT molecular complexity index is 896. The Morgan fingerprint density at radius 1 is 1.15 bits per heavy atom. The molecule has 0 N–H and O–H groups in total. The van der Waals surface area contributed by atoms with E-state index in [2.05, 4.69) is 15.2 Å². The predicted molar refractivity (Wildman–Crippen MR) is 99.0 cm³/mol. The molecule has 0 atom stereocenters. The molecule has 0 saturated heterocycles. The predicted octanol–water partition coefficient (Wildman–Crippen LogP) is 4.49. The molecule has 134 valence electrons. The van der Waals surface area contributed by atoms with Crippen LogP contribution in [-0.4, -0.2) is 32.5 Å². The van der Waals surface area contributed by atoms with Crippen molar-refractivity contribution < 1.29 is 9.21 Å². The molecule has 8 heteroatoms. The molecule has 3 aromatic rings. The zero-order valence-electron chi connectivity index (χ0n) is 14.0. The van der Waals surface area contributed by atoms with Crippen LogP contribution in [0.4, 0.5) is 0 Å². The molecule has 0 aliphatic carbocycles. The molecule has 0 fully saturated rings. The van der Waals surface area contributed by atoms with Crippen molar-refractivity contribution in [1.29, 1.82) is 0 Å². The van der Waals surface area contributed by atoms with Crippen molar-refractivity contribution in [3.05, 3.63) is 64.2 Å². The van der Waals surface area contributed by atoms with E-state index in [-0.39, 0.29) is 12.5 Å². The van der Waals surface area contributed by atoms with Crippen molar-refractivity contribution in [1.82, 2.24) is 20.1 Å². The van der Waals surface area contributed by atoms with Crippen LogP contribution < -0.4 is 0 Å². The van der Waals surface area contributed by atoms with E-state index < -0.39 is 0 Å². The lowest BCUT2D eigenvalue weighted by molar-refractivity contribution is 0.0728. The summed E-state index contributed by atoms with van der Waals surface area (Å²) in [4.78, 5) is 18.3. The number of carbonyl (C=O) groups excluding carboxylic acids is 1. The molecule has 0 unspecified atom stereocenters. The third kappa shape index (κ3) is 4.20. The van der Waals surface area contributed by atoms with Gasteiger partial charge in [-0.1, -0.05) is 42.3 Å². The molecule has 0 aliphatic rings. The molecule has 2 heterocycles. The average Bonchev–Trinajstić information content (AvgIpc) is 3.10. The fraction of sp³-hybridized carbons (Fsp3) is 0.222. The Labute approximate surface area is 160 Å². The molecule has 0 saturated carbocycles. The van der Waals surface area contributed by atoms with Crippen LogP contribution in [-0.2, 0) is 6.54 Å². The lowest BCUT2D eigenvalue weighted by atomic mass is 10.2. The van der Waals surface area contributed by atoms with Crippen LogP contribution >= 0.6 is 23.2 Å². The van der Waals surface area contributed by atoms with E-state index in [1.54, 1.807) is 29.2 Å². The first-order chi connectivity index (χ1) is 12.6. The molecule has 0 aliphatic heterocycles. The molecule has 0 bridgehead atoms. The van der Waals surface area contributed by atoms with Crippen molar-refractivity contribution in [2.45, 2.75) is 19.9 Å². The quantitative estimate of drug-likeness (QED) is 0.579. The van der Waals surface area contributed by atoms with Crippen molar-refractivity contribution in [3.63, 3.8) is 0 Å². The summed E-state index contributed by atoms with van der Waals surface area (Å²) in [6.07, 6.45) is 2.24. The minimum absolute atomic E-state index is 0.173. The van der Waals surface area contributed by atoms with Crippen LogP contribution in [0.3, 0.4) is 0 Å². The summed E-state index contributed by atoms with van der Waals surface area (Å²) < 4.78 is 5.70. The molecule has 0 spiro atoms. The summed E-state index contributed by atoms with van der Waals surface area (Å²) in [6.45, 7) is 2.74. The second-order valence-corrected chi connectivity index (χ2v) is 6.37. The SMILES string of the molecule is CCCN(Cc1nnc(-c2ccccc2Cl)o1)C(=O)c1ccc(Cl)nc1. The molecular weight excluding hydrogens is 375 g/mol. The van der Waals surface area contributed by atoms with E-state index in [0.29, 0.717) is 39.6 Å². The zero-order chi connectivity index (χ0) is 18.5. The van der Waals surface area contributed by atoms with Gasteiger partial charge in [0.15, 0.2) is 0 Å². The van der Waals surface area contributed by atoms with Crippen LogP contribution in [0, 0.1) is 0 Å². The Morgan fingerprint density at radius 2 is 1.96 bits per heavy atom. The van der Waals surface area contributed by atoms with Gasteiger partial charge in [-0.05, 0) is 30.7 Å². The first kappa shape index (κ1) is 18.4. The molecule has 1 aromatic carbocycles. The van der Waals surface area contributed by atoms with Crippen LogP contribution in [0.1, 0.15) is 29.6 Å². The zero-order valence-corrected chi connectivity index (χ0v) is 15.5. The maximum absolute atomic E-state index is 12.7. The molecule has 2 aromatic heterocycles. The number of rotatable bonds is 6. The average molecular weight is 391 g/mol. The fourth-order valence-corrected chi connectivity index (χ4v) is 2.76. The Balaban J connectivity index is 1.79. The number of carbonyl (C=O) groups is 1. The number of hydrogen-bond acceptors (Lipinski definition) is 5. The smallest absolute Gasteiger partial charge is 0.255 e. The highest BCUT2D eigenvalue weighted by atomic mass is 35.5. The second kappa shape index (κ2) is 8.29. The lowest BCUT2D eigenvalue weighted by Gasteiger charge is -2.20. The first-order valence-electron chi connectivity index (χ1n) is 8.06. The summed E-state index contributed by atoms with van der Waals surface area (Å²) in [6, 6.07) is 10.4. The second-order valence-electron chi connectivity index (χ2n) is 5.58. The van der Waals surface area contributed by atoms with Crippen LogP contribution in [0.5, 0.6) is 0 Å². The van der Waals surface area contributed by atoms with Crippen molar-refractivity contribution in [3.8, 4) is 11.5 Å². The molecule has 1 amide bonds. The van der Waals surface area contributed by atoms with Gasteiger partial charge in [-0.15, -0.1) is 10.2 Å². The highest BCUT2D eigenvalue weighted by Gasteiger charge is 2.19. The van der Waals surface area contributed by atoms with Gasteiger partial charge >= 0.3 is 0 Å². The van der Waals surface area contributed by atoms with Gasteiger partial charge in [-0.3, -0.25) is 4.79 Å². The number of amides is 1. The monoisotopic (exact) mass is 390 g/mol. The normalized spacial score (nSPS) is 10.7. The van der Waals surface area contributed by atoms with E-state index in [1.165, 1.54) is 6.20 Å². The Hall–Kier alpha value is -2.44. The molecule has 6 nitrogen and oxygen atoms in total. The van der Waals surface area contributed by atoms with Crippen molar-refractivity contribution in [2.24, 2.45) is 0 Å². The number of hydrogen-bond donors (Lipinski definition) is 0. The minimum Gasteiger partial charge on any atom is -0.419 e. The van der Waals surface area contributed by atoms with Crippen LogP contribution in [0.2, 0.25) is 10.2 Å². The van der Waals surface area contributed by atoms with Gasteiger partial charge in [0.25, 0.3) is 5.91 Å². The van der Waals surface area contributed by atoms with Gasteiger partial charge < -0.3 is 9.32 Å². The number of pyridine rings is 1. The van der Waals surface area contributed by atoms with Crippen LogP contribution in [0.15, 0.2) is 47.0 Å². The van der Waals surface area contributed by atoms with Gasteiger partial charge in [0.1, 0.15) is 5.15 Å². The Morgan fingerprint density at radius 3 is 2.65 bits per heavy atom. The molecule has 0 radical (unpaired) electrons. The summed E-state index contributed by atoms with van der Waals surface area (Å²) in [5.41, 5.74) is 1.11. The highest BCUT2D eigenvalue weighted by molar-refractivity contribution is 6.33. The maximum Gasteiger partial charge on any atom is 0.255 e. The molecule has 26 heavy (non-hydrogen) atoms. The van der Waals surface area contributed by atoms with E-state index in [9.17, 15) is 4.79 Å². The number of benzene rings is 1. The number of nitrogens with zero attached hydrogens (tertiary/aromatic N) is 4. The third-order valence-corrected chi connectivity index (χ3v) is 4.21. The Kier molecular flexibility index (Phi) is 5.85. The van der Waals surface area contributed by atoms with Crippen LogP contribution in [0.25, 0.3) is 11.5 Å². The number of aromatic nitrogens is 3. The molecular formula is C18H16Cl2N4O2. The van der Waals surface area contributed by atoms with Gasteiger partial charge in [-0.25, -0.2) is 4.98 Å². The standard InChI is InChI=1S/C18H16Cl2N4O2/c1-2-9-24(18(25)12-7-8-15(20)21-10-12)11-16-22-23-17(26-16)13-5-3-4-6-14(13)19/h3-8,10H,2,9,11H2,1H3. The third-order valence-electron chi connectivity index (χ3n) is 3.65. The van der Waals surface area contributed by atoms with Gasteiger partial charge in [-0.2, -0.15) is 0 Å². The highest BCUT2D eigenvalue weighted by Crippen LogP contribution is 2.26. The van der Waals surface area contributed by atoms with E-state index in [4.69, 9.17) is 27.6 Å². The summed E-state index contributed by atoms with van der Waals surface area (Å²) in [5, 5.41) is 8.94. The lowest BCUT2D eigenvalue weighted by Crippen LogP contribution is -2.31. The van der Waals surface area contributed by atoms with Gasteiger partial charge in [0, 0.05) is 12.7 Å². The van der Waals surface area contributed by atoms with Gasteiger partial charge in [0.2, 0.25) is 11.8 Å². The summed E-state index contributed by atoms with van der Waals surface area (Å²) >= 11 is 11.9. The number of halogens is 2. The fourth-order valence-electron chi connectivity index (χ4n) is 2.43. The first-order valence-corrected chi connectivity index (χ1v) is 8.82. The topological polar surface area (TPSA) is 72.1 Å². The summed E-state index contributed by atoms with van der Waals surface area (Å²) in [7, 11) is 0. The van der Waals surface area contributed by atoms with Gasteiger partial charge in [0.05, 0.1) is 22.7 Å².